The molecule has 2 aliphatic heterocycles. The van der Waals surface area contributed by atoms with Crippen LogP contribution in [0.2, 0.25) is 0 Å². The first-order valence-electron chi connectivity index (χ1n) is 8.67. The number of anilines is 1. The van der Waals surface area contributed by atoms with Crippen LogP contribution in [0.4, 0.5) is 18.9 Å². The van der Waals surface area contributed by atoms with Crippen molar-refractivity contribution in [2.75, 3.05) is 31.1 Å². The Morgan fingerprint density at radius 1 is 1.24 bits per heavy atom. The minimum atomic E-state index is -5.08. The lowest BCUT2D eigenvalue weighted by molar-refractivity contribution is -0.192. The highest BCUT2D eigenvalue weighted by Gasteiger charge is 2.42. The second-order valence-electron chi connectivity index (χ2n) is 6.41. The summed E-state index contributed by atoms with van der Waals surface area (Å²) in [5.74, 6) is -2.76. The quantitative estimate of drug-likeness (QED) is 0.805. The van der Waals surface area contributed by atoms with Crippen LogP contribution < -0.4 is 4.90 Å². The van der Waals surface area contributed by atoms with Gasteiger partial charge in [0, 0.05) is 25.8 Å². The van der Waals surface area contributed by atoms with E-state index in [0.29, 0.717) is 25.3 Å². The Bertz CT molecular complexity index is 829. The highest BCUT2D eigenvalue weighted by atomic mass is 19.4. The first kappa shape index (κ1) is 20.6. The van der Waals surface area contributed by atoms with E-state index in [1.807, 2.05) is 17.2 Å². The van der Waals surface area contributed by atoms with Gasteiger partial charge in [0.1, 0.15) is 6.26 Å². The van der Waals surface area contributed by atoms with E-state index in [1.165, 1.54) is 12.5 Å². The van der Waals surface area contributed by atoms with Gasteiger partial charge in [-0.3, -0.25) is 9.78 Å². The molecule has 2 atom stereocenters. The molecule has 2 fully saturated rings. The predicted octanol–water partition coefficient (Wildman–Crippen LogP) is 2.04. The fourth-order valence-corrected chi connectivity index (χ4v) is 3.27. The number of rotatable bonds is 2. The number of hydrogen-bond acceptors (Lipinski definition) is 6. The lowest BCUT2D eigenvalue weighted by atomic mass is 10.1. The summed E-state index contributed by atoms with van der Waals surface area (Å²) in [7, 11) is 0. The molecule has 0 aliphatic carbocycles. The van der Waals surface area contributed by atoms with Gasteiger partial charge in [0.2, 0.25) is 0 Å². The van der Waals surface area contributed by atoms with Crippen LogP contribution in [-0.4, -0.2) is 71.4 Å². The van der Waals surface area contributed by atoms with Gasteiger partial charge >= 0.3 is 12.1 Å². The van der Waals surface area contributed by atoms with Crippen molar-refractivity contribution < 1.29 is 37.0 Å². The molecule has 1 amide bonds. The summed E-state index contributed by atoms with van der Waals surface area (Å²) in [6.07, 6.45) is 1.61. The molecule has 0 unspecified atom stereocenters. The molecule has 2 aliphatic rings. The molecular formula is C18H18F3N3O5. The number of hydrogen-bond donors (Lipinski definition) is 1. The van der Waals surface area contributed by atoms with Crippen LogP contribution in [0, 0.1) is 0 Å². The number of pyridine rings is 1. The number of likely N-dealkylation sites (tertiary alicyclic amines) is 1. The van der Waals surface area contributed by atoms with Crippen molar-refractivity contribution in [2.24, 2.45) is 0 Å². The normalized spacial score (nSPS) is 21.2. The van der Waals surface area contributed by atoms with E-state index < -0.39 is 12.1 Å². The molecule has 0 aromatic carbocycles. The number of fused-ring (bicyclic) bond motifs is 1. The number of nitrogens with zero attached hydrogens (tertiary/aromatic N) is 3. The van der Waals surface area contributed by atoms with Crippen molar-refractivity contribution in [3.8, 4) is 0 Å². The standard InChI is InChI=1S/C16H17N3O3.C2HF3O2/c20-16(12-3-6-21-11-12)18-9-14-15(10-18)22-7-5-19(14)13-2-1-4-17-8-13;3-2(4,5)1(6)7/h1-4,6,8,11,14-15H,5,7,9-10H2;(H,6,7)/t14-,15+;/m1./s1. The van der Waals surface area contributed by atoms with Crippen molar-refractivity contribution in [1.29, 1.82) is 0 Å². The zero-order chi connectivity index (χ0) is 21.0. The Labute approximate surface area is 163 Å². The lowest BCUT2D eigenvalue weighted by Crippen LogP contribution is -2.51. The minimum absolute atomic E-state index is 0.00196. The number of morpholine rings is 1. The van der Waals surface area contributed by atoms with Gasteiger partial charge in [-0.1, -0.05) is 0 Å². The Balaban J connectivity index is 0.000000298. The molecule has 11 heteroatoms. The van der Waals surface area contributed by atoms with Crippen molar-refractivity contribution in [3.05, 3.63) is 48.7 Å². The molecule has 2 saturated heterocycles. The van der Waals surface area contributed by atoms with Gasteiger partial charge in [-0.15, -0.1) is 0 Å². The topological polar surface area (TPSA) is 96.1 Å². The molecule has 0 spiro atoms. The van der Waals surface area contributed by atoms with Crippen molar-refractivity contribution in [3.63, 3.8) is 0 Å². The predicted molar refractivity (Wildman–Crippen MR) is 93.4 cm³/mol. The molecule has 0 bridgehead atoms. The molecule has 8 nitrogen and oxygen atoms in total. The summed E-state index contributed by atoms with van der Waals surface area (Å²) < 4.78 is 42.6. The van der Waals surface area contributed by atoms with Crippen LogP contribution in [0.15, 0.2) is 47.5 Å². The Kier molecular flexibility index (Phi) is 6.06. The molecule has 4 rings (SSSR count). The number of ether oxygens (including phenoxy) is 1. The second-order valence-corrected chi connectivity index (χ2v) is 6.41. The van der Waals surface area contributed by atoms with E-state index in [9.17, 15) is 18.0 Å². The summed E-state index contributed by atoms with van der Waals surface area (Å²) in [5, 5.41) is 7.12. The largest absolute Gasteiger partial charge is 0.490 e. The number of carboxylic acids is 1. The maximum atomic E-state index is 12.5. The summed E-state index contributed by atoms with van der Waals surface area (Å²) in [6, 6.07) is 5.86. The number of aliphatic carboxylic acids is 1. The van der Waals surface area contributed by atoms with Crippen LogP contribution >= 0.6 is 0 Å². The van der Waals surface area contributed by atoms with E-state index in [1.54, 1.807) is 12.3 Å². The summed E-state index contributed by atoms with van der Waals surface area (Å²) >= 11 is 0. The van der Waals surface area contributed by atoms with E-state index in [4.69, 9.17) is 19.1 Å². The highest BCUT2D eigenvalue weighted by Crippen LogP contribution is 2.28. The van der Waals surface area contributed by atoms with Crippen molar-refractivity contribution >= 4 is 17.6 Å². The third kappa shape index (κ3) is 4.86. The monoisotopic (exact) mass is 413 g/mol. The molecule has 29 heavy (non-hydrogen) atoms. The van der Waals surface area contributed by atoms with E-state index in [-0.39, 0.29) is 18.1 Å². The second kappa shape index (κ2) is 8.52. The van der Waals surface area contributed by atoms with Gasteiger partial charge in [-0.2, -0.15) is 13.2 Å². The number of furan rings is 1. The maximum Gasteiger partial charge on any atom is 0.490 e. The zero-order valence-corrected chi connectivity index (χ0v) is 15.1. The Hall–Kier alpha value is -3.08. The fraction of sp³-hybridized carbons (Fsp3) is 0.389. The molecular weight excluding hydrogens is 395 g/mol. The first-order chi connectivity index (χ1) is 13.8. The Morgan fingerprint density at radius 2 is 2.00 bits per heavy atom. The van der Waals surface area contributed by atoms with Crippen molar-refractivity contribution in [1.82, 2.24) is 9.88 Å². The lowest BCUT2D eigenvalue weighted by Gasteiger charge is -2.38. The van der Waals surface area contributed by atoms with E-state index >= 15 is 0 Å². The molecule has 156 valence electrons. The number of carboxylic acid groups (broad SMARTS) is 1. The van der Waals surface area contributed by atoms with Crippen LogP contribution in [0.5, 0.6) is 0 Å². The van der Waals surface area contributed by atoms with Gasteiger partial charge in [-0.05, 0) is 18.2 Å². The number of alkyl halides is 3. The number of aromatic nitrogens is 1. The van der Waals surface area contributed by atoms with Crippen LogP contribution in [0.1, 0.15) is 10.4 Å². The number of amides is 1. The Morgan fingerprint density at radius 3 is 2.59 bits per heavy atom. The average Bonchev–Trinajstić information content (AvgIpc) is 3.37. The van der Waals surface area contributed by atoms with Crippen LogP contribution in [0.25, 0.3) is 0 Å². The fourth-order valence-electron chi connectivity index (χ4n) is 3.27. The zero-order valence-electron chi connectivity index (χ0n) is 15.1. The third-order valence-corrected chi connectivity index (χ3v) is 4.58. The molecule has 0 radical (unpaired) electrons. The van der Waals surface area contributed by atoms with Crippen LogP contribution in [-0.2, 0) is 9.53 Å². The summed E-state index contributed by atoms with van der Waals surface area (Å²) in [5.41, 5.74) is 1.67. The molecule has 2 aromatic rings. The first-order valence-corrected chi connectivity index (χ1v) is 8.67. The number of carbonyl (C=O) groups excluding carboxylic acids is 1. The minimum Gasteiger partial charge on any atom is -0.475 e. The number of carbonyl (C=O) groups is 2. The van der Waals surface area contributed by atoms with E-state index in [2.05, 4.69) is 16.0 Å². The van der Waals surface area contributed by atoms with Gasteiger partial charge in [0.25, 0.3) is 5.91 Å². The van der Waals surface area contributed by atoms with Gasteiger partial charge in [0.05, 0.1) is 42.5 Å². The maximum absolute atomic E-state index is 12.5. The van der Waals surface area contributed by atoms with Crippen LogP contribution in [0.3, 0.4) is 0 Å². The SMILES string of the molecule is O=C(O)C(F)(F)F.O=C(c1ccoc1)N1C[C@@H]2OCCN(c3cccnc3)[C@@H]2C1. The smallest absolute Gasteiger partial charge is 0.475 e. The van der Waals surface area contributed by atoms with Crippen molar-refractivity contribution in [2.45, 2.75) is 18.3 Å². The third-order valence-electron chi connectivity index (χ3n) is 4.58. The highest BCUT2D eigenvalue weighted by molar-refractivity contribution is 5.94. The molecule has 2 aromatic heterocycles. The number of halogens is 3. The summed E-state index contributed by atoms with van der Waals surface area (Å²) in [4.78, 5) is 29.7. The molecule has 0 saturated carbocycles. The van der Waals surface area contributed by atoms with Gasteiger partial charge in [0.15, 0.2) is 0 Å². The summed E-state index contributed by atoms with van der Waals surface area (Å²) in [6.45, 7) is 2.76. The van der Waals surface area contributed by atoms with E-state index in [0.717, 1.165) is 12.2 Å². The van der Waals surface area contributed by atoms with Gasteiger partial charge in [-0.25, -0.2) is 4.79 Å². The molecule has 1 N–H and O–H groups in total. The molecule has 4 heterocycles. The average molecular weight is 413 g/mol. The van der Waals surface area contributed by atoms with Gasteiger partial charge < -0.3 is 24.1 Å².